The monoisotopic (exact) mass is 245 g/mol. The Hall–Kier alpha value is -0.580. The molecule has 1 atom stereocenters. The lowest BCUT2D eigenvalue weighted by molar-refractivity contribution is 0.276. The molecule has 3 nitrogen and oxygen atoms in total. The molecule has 0 spiro atoms. The predicted octanol–water partition coefficient (Wildman–Crippen LogP) is 1.54. The average Bonchev–Trinajstić information content (AvgIpc) is 2.04. The molecular formula is C9H12BrNO2. The molecule has 0 aromatic heterocycles. The highest BCUT2D eigenvalue weighted by Gasteiger charge is 2.09. The topological polar surface area (TPSA) is 66.5 Å². The quantitative estimate of drug-likeness (QED) is 0.757. The van der Waals surface area contributed by atoms with Gasteiger partial charge < -0.3 is 15.9 Å². The fourth-order valence-corrected chi connectivity index (χ4v) is 1.77. The Labute approximate surface area is 85.3 Å². The highest BCUT2D eigenvalue weighted by atomic mass is 79.9. The van der Waals surface area contributed by atoms with E-state index in [4.69, 9.17) is 15.9 Å². The van der Waals surface area contributed by atoms with Crippen LogP contribution in [-0.4, -0.2) is 16.8 Å². The van der Waals surface area contributed by atoms with E-state index in [-0.39, 0.29) is 18.4 Å². The van der Waals surface area contributed by atoms with E-state index in [1.807, 2.05) is 0 Å². The van der Waals surface area contributed by atoms with Gasteiger partial charge in [0, 0.05) is 17.1 Å². The summed E-state index contributed by atoms with van der Waals surface area (Å²) in [6.45, 7) is 0.0640. The molecule has 0 unspecified atom stereocenters. The zero-order valence-corrected chi connectivity index (χ0v) is 8.66. The maximum atomic E-state index is 9.13. The second-order valence-electron chi connectivity index (χ2n) is 2.82. The number of hydrogen-bond acceptors (Lipinski definition) is 3. The van der Waals surface area contributed by atoms with Crippen molar-refractivity contribution in [2.24, 2.45) is 5.73 Å². The lowest BCUT2D eigenvalue weighted by atomic mass is 10.1. The molecule has 0 saturated heterocycles. The molecule has 4 heteroatoms. The standard InChI is InChI=1S/C9H12BrNO2/c10-8-5-6(13)1-2-7(8)9(11)3-4-12/h1-2,5,9,12-13H,3-4,11H2/t9-/m0/s1. The van der Waals surface area contributed by atoms with Gasteiger partial charge in [-0.2, -0.15) is 0 Å². The fourth-order valence-electron chi connectivity index (χ4n) is 1.11. The number of benzene rings is 1. The van der Waals surface area contributed by atoms with Crippen LogP contribution in [-0.2, 0) is 0 Å². The normalized spacial score (nSPS) is 12.8. The Morgan fingerprint density at radius 1 is 1.46 bits per heavy atom. The number of hydrogen-bond donors (Lipinski definition) is 3. The van der Waals surface area contributed by atoms with Gasteiger partial charge in [-0.15, -0.1) is 0 Å². The molecule has 0 saturated carbocycles. The molecule has 13 heavy (non-hydrogen) atoms. The Morgan fingerprint density at radius 2 is 2.15 bits per heavy atom. The van der Waals surface area contributed by atoms with E-state index in [1.54, 1.807) is 18.2 Å². The molecule has 0 amide bonds. The van der Waals surface area contributed by atoms with Crippen LogP contribution in [0.2, 0.25) is 0 Å². The van der Waals surface area contributed by atoms with Gasteiger partial charge in [0.15, 0.2) is 0 Å². The van der Waals surface area contributed by atoms with Crippen LogP contribution in [0.3, 0.4) is 0 Å². The summed E-state index contributed by atoms with van der Waals surface area (Å²) >= 11 is 3.30. The first-order chi connectivity index (χ1) is 6.15. The number of aliphatic hydroxyl groups is 1. The predicted molar refractivity (Wildman–Crippen MR) is 54.4 cm³/mol. The molecule has 1 aromatic carbocycles. The first kappa shape index (κ1) is 10.5. The van der Waals surface area contributed by atoms with E-state index in [0.29, 0.717) is 6.42 Å². The van der Waals surface area contributed by atoms with Gasteiger partial charge in [-0.25, -0.2) is 0 Å². The number of phenols is 1. The van der Waals surface area contributed by atoms with Crippen molar-refractivity contribution in [3.63, 3.8) is 0 Å². The summed E-state index contributed by atoms with van der Waals surface area (Å²) in [5.74, 6) is 0.201. The molecule has 0 aliphatic carbocycles. The minimum absolute atomic E-state index is 0.0640. The average molecular weight is 246 g/mol. The number of nitrogens with two attached hydrogens (primary N) is 1. The van der Waals surface area contributed by atoms with Crippen LogP contribution in [0.4, 0.5) is 0 Å². The number of rotatable bonds is 3. The molecule has 4 N–H and O–H groups in total. The Balaban J connectivity index is 2.88. The van der Waals surface area contributed by atoms with Gasteiger partial charge in [-0.1, -0.05) is 22.0 Å². The fraction of sp³-hybridized carbons (Fsp3) is 0.333. The Bertz CT molecular complexity index is 291. The number of aliphatic hydroxyl groups excluding tert-OH is 1. The van der Waals surface area contributed by atoms with E-state index in [2.05, 4.69) is 15.9 Å². The minimum Gasteiger partial charge on any atom is -0.508 e. The van der Waals surface area contributed by atoms with Crippen LogP contribution in [0.25, 0.3) is 0 Å². The summed E-state index contributed by atoms with van der Waals surface area (Å²) in [6.07, 6.45) is 0.517. The smallest absolute Gasteiger partial charge is 0.116 e. The summed E-state index contributed by atoms with van der Waals surface area (Å²) in [7, 11) is 0. The third kappa shape index (κ3) is 2.69. The first-order valence-electron chi connectivity index (χ1n) is 4.00. The van der Waals surface area contributed by atoms with Gasteiger partial charge in [0.1, 0.15) is 5.75 Å². The zero-order valence-electron chi connectivity index (χ0n) is 7.07. The van der Waals surface area contributed by atoms with Gasteiger partial charge in [0.2, 0.25) is 0 Å². The molecule has 0 aliphatic heterocycles. The second kappa shape index (κ2) is 4.60. The highest BCUT2D eigenvalue weighted by Crippen LogP contribution is 2.27. The molecule has 0 bridgehead atoms. The van der Waals surface area contributed by atoms with E-state index in [9.17, 15) is 0 Å². The Morgan fingerprint density at radius 3 is 2.69 bits per heavy atom. The van der Waals surface area contributed by atoms with Crippen molar-refractivity contribution in [2.75, 3.05) is 6.61 Å². The lowest BCUT2D eigenvalue weighted by Gasteiger charge is -2.12. The van der Waals surface area contributed by atoms with E-state index in [1.165, 1.54) is 0 Å². The third-order valence-electron chi connectivity index (χ3n) is 1.82. The largest absolute Gasteiger partial charge is 0.508 e. The van der Waals surface area contributed by atoms with Gasteiger partial charge in [-0.05, 0) is 24.1 Å². The van der Waals surface area contributed by atoms with Crippen LogP contribution in [0.15, 0.2) is 22.7 Å². The molecule has 1 aromatic rings. The third-order valence-corrected chi connectivity index (χ3v) is 2.51. The summed E-state index contributed by atoms with van der Waals surface area (Å²) in [4.78, 5) is 0. The van der Waals surface area contributed by atoms with Crippen LogP contribution >= 0.6 is 15.9 Å². The van der Waals surface area contributed by atoms with E-state index < -0.39 is 0 Å². The summed E-state index contributed by atoms with van der Waals surface area (Å²) in [5, 5.41) is 17.8. The van der Waals surface area contributed by atoms with Gasteiger partial charge in [-0.3, -0.25) is 0 Å². The maximum Gasteiger partial charge on any atom is 0.116 e. The Kier molecular flexibility index (Phi) is 3.71. The number of phenolic OH excluding ortho intramolecular Hbond substituents is 1. The van der Waals surface area contributed by atoms with Gasteiger partial charge in [0.05, 0.1) is 0 Å². The SMILES string of the molecule is N[C@@H](CCO)c1ccc(O)cc1Br. The lowest BCUT2D eigenvalue weighted by Crippen LogP contribution is -2.12. The second-order valence-corrected chi connectivity index (χ2v) is 3.68. The highest BCUT2D eigenvalue weighted by molar-refractivity contribution is 9.10. The molecule has 1 rings (SSSR count). The summed E-state index contributed by atoms with van der Waals surface area (Å²) < 4.78 is 0.772. The molecule has 0 fully saturated rings. The van der Waals surface area contributed by atoms with Crippen molar-refractivity contribution >= 4 is 15.9 Å². The van der Waals surface area contributed by atoms with Crippen molar-refractivity contribution in [3.8, 4) is 5.75 Å². The summed E-state index contributed by atoms with van der Waals surface area (Å²) in [5.41, 5.74) is 6.68. The van der Waals surface area contributed by atoms with Crippen LogP contribution in [0, 0.1) is 0 Å². The van der Waals surface area contributed by atoms with Crippen molar-refractivity contribution in [1.82, 2.24) is 0 Å². The van der Waals surface area contributed by atoms with Crippen molar-refractivity contribution < 1.29 is 10.2 Å². The molecular weight excluding hydrogens is 234 g/mol. The van der Waals surface area contributed by atoms with Crippen LogP contribution in [0.5, 0.6) is 5.75 Å². The molecule has 72 valence electrons. The van der Waals surface area contributed by atoms with Crippen molar-refractivity contribution in [1.29, 1.82) is 0 Å². The molecule has 0 radical (unpaired) electrons. The van der Waals surface area contributed by atoms with Crippen LogP contribution < -0.4 is 5.73 Å². The van der Waals surface area contributed by atoms with Gasteiger partial charge >= 0.3 is 0 Å². The summed E-state index contributed by atoms with van der Waals surface area (Å²) in [6, 6.07) is 4.73. The first-order valence-corrected chi connectivity index (χ1v) is 4.79. The van der Waals surface area contributed by atoms with Crippen LogP contribution in [0.1, 0.15) is 18.0 Å². The van der Waals surface area contributed by atoms with Crippen molar-refractivity contribution in [3.05, 3.63) is 28.2 Å². The van der Waals surface area contributed by atoms with E-state index in [0.717, 1.165) is 10.0 Å². The molecule has 0 heterocycles. The van der Waals surface area contributed by atoms with E-state index >= 15 is 0 Å². The maximum absolute atomic E-state index is 9.13. The zero-order chi connectivity index (χ0) is 9.84. The number of halogens is 1. The molecule has 0 aliphatic rings. The van der Waals surface area contributed by atoms with Crippen molar-refractivity contribution in [2.45, 2.75) is 12.5 Å². The minimum atomic E-state index is -0.194. The van der Waals surface area contributed by atoms with Gasteiger partial charge in [0.25, 0.3) is 0 Å². The number of aromatic hydroxyl groups is 1.